The van der Waals surface area contributed by atoms with Gasteiger partial charge in [0, 0.05) is 17.1 Å². The molecule has 4 aliphatic rings. The summed E-state index contributed by atoms with van der Waals surface area (Å²) >= 11 is 0. The van der Waals surface area contributed by atoms with Crippen molar-refractivity contribution in [3.63, 3.8) is 0 Å². The SMILES string of the molecule is C=C(/N=C1/C=CC=C/C1=C(/C(C)C)C1C=CC=CC1)c1ccc2c(c1)-c1ccccc1C21c2ccccc2-c2cc3c4ccccc4c4ccccc4c3cc21. The summed E-state index contributed by atoms with van der Waals surface area (Å²) in [6, 6.07) is 48.0. The lowest BCUT2D eigenvalue weighted by molar-refractivity contribution is 0.627. The average Bonchev–Trinajstić information content (AvgIpc) is 3.70. The molecule has 0 amide bonds. The van der Waals surface area contributed by atoms with Crippen LogP contribution in [-0.4, -0.2) is 5.71 Å². The van der Waals surface area contributed by atoms with Crippen LogP contribution in [-0.2, 0) is 5.41 Å². The Hall–Kier alpha value is -6.57. The van der Waals surface area contributed by atoms with Crippen molar-refractivity contribution in [2.75, 3.05) is 0 Å². The third-order valence-electron chi connectivity index (χ3n) is 12.8. The van der Waals surface area contributed by atoms with Crippen LogP contribution < -0.4 is 0 Å². The Kier molecular flexibility index (Phi) is 7.32. The van der Waals surface area contributed by atoms with Gasteiger partial charge in [-0.25, -0.2) is 4.99 Å². The van der Waals surface area contributed by atoms with Gasteiger partial charge in [0.2, 0.25) is 0 Å². The van der Waals surface area contributed by atoms with Gasteiger partial charge in [-0.2, -0.15) is 0 Å². The summed E-state index contributed by atoms with van der Waals surface area (Å²) in [7, 11) is 0. The van der Waals surface area contributed by atoms with E-state index in [1.54, 1.807) is 0 Å². The van der Waals surface area contributed by atoms with Crippen LogP contribution in [0.3, 0.4) is 0 Å². The predicted octanol–water partition coefficient (Wildman–Crippen LogP) is 14.1. The fourth-order valence-corrected chi connectivity index (χ4v) is 10.5. The number of hydrogen-bond acceptors (Lipinski definition) is 1. The smallest absolute Gasteiger partial charge is 0.0725 e. The molecule has 0 bridgehead atoms. The zero-order valence-electron chi connectivity index (χ0n) is 31.8. The monoisotopic (exact) mass is 715 g/mol. The van der Waals surface area contributed by atoms with Gasteiger partial charge < -0.3 is 0 Å². The highest BCUT2D eigenvalue weighted by atomic mass is 14.8. The lowest BCUT2D eigenvalue weighted by atomic mass is 9.70. The number of rotatable bonds is 4. The minimum atomic E-state index is -0.453. The summed E-state index contributed by atoms with van der Waals surface area (Å²) in [6.07, 6.45) is 18.6. The zero-order valence-corrected chi connectivity index (χ0v) is 31.8. The van der Waals surface area contributed by atoms with Gasteiger partial charge in [0.25, 0.3) is 0 Å². The van der Waals surface area contributed by atoms with Gasteiger partial charge in [-0.05, 0) is 113 Å². The fourth-order valence-electron chi connectivity index (χ4n) is 10.5. The quantitative estimate of drug-likeness (QED) is 0.161. The molecule has 11 rings (SSSR count). The van der Waals surface area contributed by atoms with Gasteiger partial charge in [-0.1, -0.05) is 178 Å². The van der Waals surface area contributed by atoms with E-state index in [2.05, 4.69) is 196 Å². The van der Waals surface area contributed by atoms with Crippen LogP contribution in [0.2, 0.25) is 0 Å². The van der Waals surface area contributed by atoms with Gasteiger partial charge in [0.15, 0.2) is 0 Å². The second-order valence-corrected chi connectivity index (χ2v) is 16.0. The summed E-state index contributed by atoms with van der Waals surface area (Å²) in [6.45, 7) is 9.21. The van der Waals surface area contributed by atoms with E-state index in [0.717, 1.165) is 23.4 Å². The molecule has 56 heavy (non-hydrogen) atoms. The first-order valence-corrected chi connectivity index (χ1v) is 20.0. The molecule has 7 aromatic rings. The molecule has 1 nitrogen and oxygen atoms in total. The Morgan fingerprint density at radius 1 is 0.571 bits per heavy atom. The summed E-state index contributed by atoms with van der Waals surface area (Å²) in [5.41, 5.74) is 15.5. The Bertz CT molecular complexity index is 3050. The second-order valence-electron chi connectivity index (χ2n) is 16.0. The third-order valence-corrected chi connectivity index (χ3v) is 12.8. The molecule has 7 aromatic carbocycles. The van der Waals surface area contributed by atoms with Gasteiger partial charge in [-0.3, -0.25) is 0 Å². The van der Waals surface area contributed by atoms with Crippen LogP contribution >= 0.6 is 0 Å². The fraction of sp³-hybridized carbons (Fsp3) is 0.109. The molecule has 4 aliphatic carbocycles. The number of aliphatic imine (C=N–C) groups is 1. The molecular weight excluding hydrogens is 675 g/mol. The Labute approximate surface area is 328 Å². The number of hydrogen-bond donors (Lipinski definition) is 0. The van der Waals surface area contributed by atoms with E-state index >= 15 is 0 Å². The molecule has 1 heteroatoms. The van der Waals surface area contributed by atoms with E-state index < -0.39 is 5.41 Å². The first-order valence-electron chi connectivity index (χ1n) is 20.0. The molecule has 0 saturated heterocycles. The standard InChI is InChI=1S/C55H41N/c1-34(2)54(36-17-5-4-6-18-36)44-25-13-16-28-53(44)56-35(3)37-29-30-51-47(31-37)42-23-11-14-26-49(42)55(51)50-27-15-12-24-43(50)48-32-45-40-21-9-7-19-38(40)39-20-8-10-22-41(39)46(45)33-52(48)55/h4-17,19-34,36H,3,18H2,1-2H3/b54-44+,56-53-. The van der Waals surface area contributed by atoms with Crippen molar-refractivity contribution in [1.82, 2.24) is 0 Å². The first kappa shape index (κ1) is 32.8. The Morgan fingerprint density at radius 2 is 1.14 bits per heavy atom. The predicted molar refractivity (Wildman–Crippen MR) is 238 cm³/mol. The van der Waals surface area contributed by atoms with Crippen molar-refractivity contribution in [3.05, 3.63) is 222 Å². The Balaban J connectivity index is 1.12. The summed E-state index contributed by atoms with van der Waals surface area (Å²) in [5, 5.41) is 7.80. The molecule has 0 saturated carbocycles. The third kappa shape index (κ3) is 4.58. The minimum Gasteiger partial charge on any atom is -0.248 e. The highest BCUT2D eigenvalue weighted by molar-refractivity contribution is 6.26. The molecule has 0 aromatic heterocycles. The molecule has 2 unspecified atom stereocenters. The molecular formula is C55H41N. The Morgan fingerprint density at radius 3 is 1.79 bits per heavy atom. The number of allylic oxidation sites excluding steroid dienone is 10. The van der Waals surface area contributed by atoms with E-state index in [-0.39, 0.29) is 0 Å². The lowest BCUT2D eigenvalue weighted by Gasteiger charge is -2.31. The number of benzene rings is 7. The van der Waals surface area contributed by atoms with Crippen molar-refractivity contribution in [2.24, 2.45) is 16.8 Å². The number of fused-ring (bicyclic) bond motifs is 16. The van der Waals surface area contributed by atoms with Crippen LogP contribution in [0.5, 0.6) is 0 Å². The summed E-state index contributed by atoms with van der Waals surface area (Å²) < 4.78 is 0. The van der Waals surface area contributed by atoms with Crippen molar-refractivity contribution in [2.45, 2.75) is 25.7 Å². The molecule has 0 fully saturated rings. The van der Waals surface area contributed by atoms with E-state index in [0.29, 0.717) is 11.8 Å². The lowest BCUT2D eigenvalue weighted by Crippen LogP contribution is -2.25. The summed E-state index contributed by atoms with van der Waals surface area (Å²) in [4.78, 5) is 5.30. The maximum absolute atomic E-state index is 5.30. The highest BCUT2D eigenvalue weighted by Crippen LogP contribution is 2.63. The highest BCUT2D eigenvalue weighted by Gasteiger charge is 2.51. The van der Waals surface area contributed by atoms with Crippen LogP contribution in [0, 0.1) is 11.8 Å². The minimum absolute atomic E-state index is 0.364. The van der Waals surface area contributed by atoms with Crippen LogP contribution in [0.1, 0.15) is 48.1 Å². The topological polar surface area (TPSA) is 12.4 Å². The van der Waals surface area contributed by atoms with Gasteiger partial charge in [0.1, 0.15) is 0 Å². The van der Waals surface area contributed by atoms with Crippen molar-refractivity contribution in [1.29, 1.82) is 0 Å². The maximum atomic E-state index is 5.30. The van der Waals surface area contributed by atoms with Gasteiger partial charge in [0.05, 0.1) is 16.8 Å². The van der Waals surface area contributed by atoms with Gasteiger partial charge in [-0.15, -0.1) is 0 Å². The van der Waals surface area contributed by atoms with Crippen LogP contribution in [0.15, 0.2) is 199 Å². The first-order chi connectivity index (χ1) is 27.5. The van der Waals surface area contributed by atoms with E-state index in [4.69, 9.17) is 4.99 Å². The largest absolute Gasteiger partial charge is 0.248 e. The van der Waals surface area contributed by atoms with Gasteiger partial charge >= 0.3 is 0 Å². The van der Waals surface area contributed by atoms with E-state index in [1.165, 1.54) is 88.0 Å². The van der Waals surface area contributed by atoms with E-state index in [9.17, 15) is 0 Å². The zero-order chi connectivity index (χ0) is 37.5. The van der Waals surface area contributed by atoms with E-state index in [1.807, 2.05) is 0 Å². The van der Waals surface area contributed by atoms with Crippen molar-refractivity contribution >= 4 is 43.7 Å². The molecule has 2 atom stereocenters. The van der Waals surface area contributed by atoms with Crippen molar-refractivity contribution in [3.8, 4) is 22.3 Å². The maximum Gasteiger partial charge on any atom is 0.0725 e. The molecule has 0 radical (unpaired) electrons. The molecule has 0 N–H and O–H groups in total. The normalized spacial score (nSPS) is 20.3. The summed E-state index contributed by atoms with van der Waals surface area (Å²) in [5.74, 6) is 0.753. The number of nitrogens with zero attached hydrogens (tertiary/aromatic N) is 1. The second kappa shape index (κ2) is 12.5. The average molecular weight is 716 g/mol. The molecule has 0 aliphatic heterocycles. The van der Waals surface area contributed by atoms with Crippen LogP contribution in [0.25, 0.3) is 60.3 Å². The van der Waals surface area contributed by atoms with Crippen molar-refractivity contribution < 1.29 is 0 Å². The molecule has 266 valence electrons. The molecule has 1 spiro atoms. The van der Waals surface area contributed by atoms with Crippen LogP contribution in [0.4, 0.5) is 0 Å². The molecule has 0 heterocycles.